The van der Waals surface area contributed by atoms with Crippen LogP contribution in [0.1, 0.15) is 13.8 Å². The highest BCUT2D eigenvalue weighted by atomic mass is 16.7. The molecule has 104 valence electrons. The molecule has 0 unspecified atom stereocenters. The summed E-state index contributed by atoms with van der Waals surface area (Å²) in [7, 11) is 2.61. The van der Waals surface area contributed by atoms with Crippen LogP contribution >= 0.6 is 0 Å². The Balaban J connectivity index is 4.19. The molecule has 2 amide bonds. The number of hydrogen-bond acceptors (Lipinski definition) is 6. The maximum Gasteiger partial charge on any atom is 0.325 e. The van der Waals surface area contributed by atoms with Gasteiger partial charge in [-0.05, 0) is 6.92 Å². The summed E-state index contributed by atoms with van der Waals surface area (Å²) >= 11 is 0. The molecule has 0 heterocycles. The van der Waals surface area contributed by atoms with Crippen LogP contribution in [0.25, 0.3) is 0 Å². The Labute approximate surface area is 105 Å². The number of nitrogens with one attached hydrogen (secondary N) is 2. The van der Waals surface area contributed by atoms with Crippen LogP contribution in [-0.4, -0.2) is 51.1 Å². The van der Waals surface area contributed by atoms with Crippen LogP contribution in [0.15, 0.2) is 0 Å². The lowest BCUT2D eigenvalue weighted by Crippen LogP contribution is -2.54. The van der Waals surface area contributed by atoms with Gasteiger partial charge in [0.15, 0.2) is 0 Å². The Bertz CT molecular complexity index is 313. The van der Waals surface area contributed by atoms with Crippen LogP contribution in [0.2, 0.25) is 0 Å². The first kappa shape index (κ1) is 16.3. The van der Waals surface area contributed by atoms with Crippen molar-refractivity contribution in [1.29, 1.82) is 0 Å². The van der Waals surface area contributed by atoms with Crippen molar-refractivity contribution in [2.75, 3.05) is 27.4 Å². The summed E-state index contributed by atoms with van der Waals surface area (Å²) in [5.74, 6) is -3.99. The maximum absolute atomic E-state index is 11.4. The van der Waals surface area contributed by atoms with Crippen molar-refractivity contribution in [3.05, 3.63) is 0 Å². The third-order valence-corrected chi connectivity index (χ3v) is 2.02. The largest absolute Gasteiger partial charge is 0.465 e. The molecular formula is C10H18N2O6. The second-order valence-electron chi connectivity index (χ2n) is 3.30. The van der Waals surface area contributed by atoms with Gasteiger partial charge in [-0.15, -0.1) is 0 Å². The molecule has 0 fully saturated rings. The first-order valence-corrected chi connectivity index (χ1v) is 5.24. The lowest BCUT2D eigenvalue weighted by atomic mass is 10.4. The minimum Gasteiger partial charge on any atom is -0.465 e. The summed E-state index contributed by atoms with van der Waals surface area (Å²) in [6.45, 7) is 2.88. The first-order valence-electron chi connectivity index (χ1n) is 5.24. The Morgan fingerprint density at radius 3 is 2.11 bits per heavy atom. The molecule has 8 nitrogen and oxygen atoms in total. The van der Waals surface area contributed by atoms with Crippen LogP contribution in [-0.2, 0) is 28.6 Å². The van der Waals surface area contributed by atoms with E-state index >= 15 is 0 Å². The Hall–Kier alpha value is -1.67. The van der Waals surface area contributed by atoms with E-state index in [0.717, 1.165) is 0 Å². The van der Waals surface area contributed by atoms with E-state index in [1.54, 1.807) is 6.92 Å². The molecule has 0 aromatic heterocycles. The average Bonchev–Trinajstić information content (AvgIpc) is 2.36. The second kappa shape index (κ2) is 7.62. The zero-order chi connectivity index (χ0) is 14.2. The smallest absolute Gasteiger partial charge is 0.325 e. The Morgan fingerprint density at radius 2 is 1.67 bits per heavy atom. The molecule has 0 aromatic rings. The monoisotopic (exact) mass is 262 g/mol. The van der Waals surface area contributed by atoms with Crippen molar-refractivity contribution in [2.24, 2.45) is 0 Å². The van der Waals surface area contributed by atoms with Crippen molar-refractivity contribution in [3.63, 3.8) is 0 Å². The second-order valence-corrected chi connectivity index (χ2v) is 3.30. The zero-order valence-corrected chi connectivity index (χ0v) is 10.9. The van der Waals surface area contributed by atoms with Gasteiger partial charge in [-0.1, -0.05) is 0 Å². The number of carbonyl (C=O) groups excluding carboxylic acids is 3. The molecule has 0 radical (unpaired) electrons. The molecule has 8 heteroatoms. The number of rotatable bonds is 6. The topological polar surface area (TPSA) is 103 Å². The normalized spacial score (nSPS) is 10.7. The molecule has 0 aliphatic carbocycles. The van der Waals surface area contributed by atoms with E-state index in [9.17, 15) is 14.4 Å². The maximum atomic E-state index is 11.4. The van der Waals surface area contributed by atoms with Gasteiger partial charge in [0, 0.05) is 21.1 Å². The average molecular weight is 262 g/mol. The third-order valence-electron chi connectivity index (χ3n) is 2.02. The Kier molecular flexibility index (Phi) is 6.91. The first-order chi connectivity index (χ1) is 8.38. The number of esters is 1. The molecule has 18 heavy (non-hydrogen) atoms. The van der Waals surface area contributed by atoms with Gasteiger partial charge >= 0.3 is 17.8 Å². The predicted molar refractivity (Wildman–Crippen MR) is 60.2 cm³/mol. The number of ether oxygens (including phenoxy) is 3. The van der Waals surface area contributed by atoms with Gasteiger partial charge in [-0.25, -0.2) is 0 Å². The minimum atomic E-state index is -1.40. The van der Waals surface area contributed by atoms with Gasteiger partial charge in [-0.2, -0.15) is 0 Å². The fourth-order valence-corrected chi connectivity index (χ4v) is 0.893. The van der Waals surface area contributed by atoms with Crippen molar-refractivity contribution in [3.8, 4) is 0 Å². The summed E-state index contributed by atoms with van der Waals surface area (Å²) in [5, 5.41) is 4.30. The van der Waals surface area contributed by atoms with E-state index in [4.69, 9.17) is 9.47 Å². The highest BCUT2D eigenvalue weighted by Gasteiger charge is 2.28. The number of hydrogen-bond donors (Lipinski definition) is 2. The van der Waals surface area contributed by atoms with Crippen LogP contribution in [0.3, 0.4) is 0 Å². The van der Waals surface area contributed by atoms with Crippen LogP contribution in [0.4, 0.5) is 0 Å². The number of methoxy groups -OCH3 is 2. The van der Waals surface area contributed by atoms with Crippen LogP contribution in [0, 0.1) is 0 Å². The molecule has 0 aliphatic heterocycles. The molecule has 0 bridgehead atoms. The van der Waals surface area contributed by atoms with Crippen LogP contribution in [0.5, 0.6) is 0 Å². The van der Waals surface area contributed by atoms with Gasteiger partial charge in [0.1, 0.15) is 6.54 Å². The summed E-state index contributed by atoms with van der Waals surface area (Å²) in [6, 6.07) is 0. The highest BCUT2D eigenvalue weighted by Crippen LogP contribution is 2.03. The molecule has 2 N–H and O–H groups in total. The summed E-state index contributed by atoms with van der Waals surface area (Å²) in [5.41, 5.74) is 0. The molecule has 0 aliphatic rings. The third kappa shape index (κ3) is 5.60. The van der Waals surface area contributed by atoms with E-state index in [0.29, 0.717) is 0 Å². The zero-order valence-electron chi connectivity index (χ0n) is 10.9. The van der Waals surface area contributed by atoms with Crippen molar-refractivity contribution in [2.45, 2.75) is 19.8 Å². The Morgan fingerprint density at radius 1 is 1.11 bits per heavy atom. The van der Waals surface area contributed by atoms with E-state index in [1.165, 1.54) is 21.1 Å². The SMILES string of the molecule is CCOC(=O)CNC(=O)C(=O)NC(C)(OC)OC. The lowest BCUT2D eigenvalue weighted by Gasteiger charge is -2.26. The molecule has 0 aromatic carbocycles. The lowest BCUT2D eigenvalue weighted by molar-refractivity contribution is -0.214. The van der Waals surface area contributed by atoms with Gasteiger partial charge < -0.3 is 19.5 Å². The summed E-state index contributed by atoms with van der Waals surface area (Å²) in [6.07, 6.45) is 0. The molecular weight excluding hydrogens is 244 g/mol. The van der Waals surface area contributed by atoms with Crippen molar-refractivity contribution in [1.82, 2.24) is 10.6 Å². The number of carbonyl (C=O) groups is 3. The van der Waals surface area contributed by atoms with Crippen LogP contribution < -0.4 is 10.6 Å². The minimum absolute atomic E-state index is 0.201. The molecule has 0 saturated heterocycles. The summed E-state index contributed by atoms with van der Waals surface area (Å²) < 4.78 is 14.3. The fraction of sp³-hybridized carbons (Fsp3) is 0.700. The molecule has 0 spiro atoms. The standard InChI is InChI=1S/C10H18N2O6/c1-5-18-7(13)6-11-8(14)9(15)12-10(2,16-3)17-4/h5-6H2,1-4H3,(H,11,14)(H,12,15). The fourth-order valence-electron chi connectivity index (χ4n) is 0.893. The van der Waals surface area contributed by atoms with Crippen molar-refractivity contribution >= 4 is 17.8 Å². The number of amides is 2. The molecule has 0 rings (SSSR count). The van der Waals surface area contributed by atoms with Gasteiger partial charge in [0.25, 0.3) is 0 Å². The van der Waals surface area contributed by atoms with E-state index < -0.39 is 23.7 Å². The van der Waals surface area contributed by atoms with Gasteiger partial charge in [-0.3, -0.25) is 19.7 Å². The van der Waals surface area contributed by atoms with E-state index in [2.05, 4.69) is 15.4 Å². The molecule has 0 atom stereocenters. The highest BCUT2D eigenvalue weighted by molar-refractivity contribution is 6.35. The van der Waals surface area contributed by atoms with Gasteiger partial charge in [0.05, 0.1) is 6.61 Å². The molecule has 0 saturated carbocycles. The summed E-state index contributed by atoms with van der Waals surface area (Å²) in [4.78, 5) is 33.7. The van der Waals surface area contributed by atoms with E-state index in [-0.39, 0.29) is 13.2 Å². The van der Waals surface area contributed by atoms with E-state index in [1.807, 2.05) is 0 Å². The quantitative estimate of drug-likeness (QED) is 0.352. The predicted octanol–water partition coefficient (Wildman–Crippen LogP) is -1.25. The van der Waals surface area contributed by atoms with Gasteiger partial charge in [0.2, 0.25) is 5.91 Å². The van der Waals surface area contributed by atoms with Crippen molar-refractivity contribution < 1.29 is 28.6 Å².